The SMILES string of the molecule is CCOc1cc(CC(CCc2cc(C)c(-c3cn(C)nc3C(F)(F)F)nn2)=NC#N)cc(C(F)(F)F)n1. The van der Waals surface area contributed by atoms with Gasteiger partial charge < -0.3 is 4.74 Å². The molecule has 0 saturated heterocycles. The van der Waals surface area contributed by atoms with Crippen LogP contribution in [0.3, 0.4) is 0 Å². The lowest BCUT2D eigenvalue weighted by atomic mass is 10.0. The average Bonchev–Trinajstić information content (AvgIpc) is 3.19. The minimum absolute atomic E-state index is 0.0232. The summed E-state index contributed by atoms with van der Waals surface area (Å²) in [4.78, 5) is 7.19. The first kappa shape index (κ1) is 27.6. The number of rotatable bonds is 8. The van der Waals surface area contributed by atoms with Crippen LogP contribution in [0.1, 0.15) is 41.6 Å². The average molecular weight is 525 g/mol. The summed E-state index contributed by atoms with van der Waals surface area (Å²) in [6, 6.07) is 3.76. The molecule has 0 aliphatic carbocycles. The lowest BCUT2D eigenvalue weighted by molar-refractivity contribution is -0.142. The third-order valence-corrected chi connectivity index (χ3v) is 5.12. The van der Waals surface area contributed by atoms with E-state index in [4.69, 9.17) is 10.00 Å². The first-order valence-corrected chi connectivity index (χ1v) is 10.9. The number of alkyl halides is 6. The van der Waals surface area contributed by atoms with Crippen molar-refractivity contribution in [1.29, 1.82) is 5.26 Å². The van der Waals surface area contributed by atoms with Crippen molar-refractivity contribution in [3.8, 4) is 23.3 Å². The summed E-state index contributed by atoms with van der Waals surface area (Å²) in [5, 5.41) is 20.5. The molecule has 0 unspecified atom stereocenters. The van der Waals surface area contributed by atoms with Gasteiger partial charge in [0.25, 0.3) is 0 Å². The molecule has 37 heavy (non-hydrogen) atoms. The van der Waals surface area contributed by atoms with Gasteiger partial charge in [0, 0.05) is 31.4 Å². The predicted molar refractivity (Wildman–Crippen MR) is 119 cm³/mol. The zero-order chi connectivity index (χ0) is 27.4. The molecule has 3 rings (SSSR count). The van der Waals surface area contributed by atoms with Gasteiger partial charge in [-0.15, -0.1) is 5.10 Å². The second-order valence-electron chi connectivity index (χ2n) is 8.01. The van der Waals surface area contributed by atoms with Crippen LogP contribution in [0.4, 0.5) is 26.3 Å². The van der Waals surface area contributed by atoms with Crippen molar-refractivity contribution in [1.82, 2.24) is 25.0 Å². The van der Waals surface area contributed by atoms with Gasteiger partial charge in [-0.1, -0.05) is 0 Å². The molecule has 3 aromatic heterocycles. The normalized spacial score (nSPS) is 12.5. The molecule has 3 heterocycles. The molecule has 0 radical (unpaired) electrons. The molecular weight excluding hydrogens is 504 g/mol. The van der Waals surface area contributed by atoms with Crippen molar-refractivity contribution in [2.24, 2.45) is 12.0 Å². The fourth-order valence-electron chi connectivity index (χ4n) is 3.59. The van der Waals surface area contributed by atoms with Crippen molar-refractivity contribution >= 4 is 5.71 Å². The minimum Gasteiger partial charge on any atom is -0.478 e. The lowest BCUT2D eigenvalue weighted by Crippen LogP contribution is -2.12. The highest BCUT2D eigenvalue weighted by Gasteiger charge is 2.38. The zero-order valence-corrected chi connectivity index (χ0v) is 19.9. The van der Waals surface area contributed by atoms with Crippen molar-refractivity contribution in [2.75, 3.05) is 6.61 Å². The van der Waals surface area contributed by atoms with Gasteiger partial charge in [-0.3, -0.25) is 4.68 Å². The van der Waals surface area contributed by atoms with E-state index >= 15 is 0 Å². The summed E-state index contributed by atoms with van der Waals surface area (Å²) in [7, 11) is 1.36. The maximum absolute atomic E-state index is 13.3. The molecule has 14 heteroatoms. The number of halogens is 6. The van der Waals surface area contributed by atoms with Gasteiger partial charge in [0.1, 0.15) is 5.69 Å². The number of nitriles is 1. The molecule has 0 aliphatic rings. The molecule has 0 saturated carbocycles. The van der Waals surface area contributed by atoms with Crippen LogP contribution in [-0.4, -0.2) is 37.3 Å². The number of hydrogen-bond acceptors (Lipinski definition) is 7. The van der Waals surface area contributed by atoms with E-state index in [0.717, 1.165) is 10.7 Å². The van der Waals surface area contributed by atoms with Gasteiger partial charge in [-0.25, -0.2) is 4.98 Å². The standard InChI is InChI=1S/C23H21F6N7O/c1-4-37-19-10-14(9-18(32-19)22(24,25)26)8-15(31-12-30)5-6-16-7-13(2)20(34-33-16)17-11-36(3)35-21(17)23(27,28)29/h7,9-11H,4-6,8H2,1-3H3. The van der Waals surface area contributed by atoms with Crippen molar-refractivity contribution in [2.45, 2.75) is 45.5 Å². The van der Waals surface area contributed by atoms with Gasteiger partial charge in [-0.2, -0.15) is 46.8 Å². The van der Waals surface area contributed by atoms with Gasteiger partial charge in [0.05, 0.1) is 23.6 Å². The Morgan fingerprint density at radius 3 is 2.43 bits per heavy atom. The Morgan fingerprint density at radius 2 is 1.84 bits per heavy atom. The molecule has 0 N–H and O–H groups in total. The first-order chi connectivity index (χ1) is 17.3. The van der Waals surface area contributed by atoms with Gasteiger partial charge in [-0.05, 0) is 49.9 Å². The van der Waals surface area contributed by atoms with Crippen LogP contribution in [0.25, 0.3) is 11.3 Å². The fraction of sp³-hybridized carbons (Fsp3) is 0.391. The smallest absolute Gasteiger partial charge is 0.435 e. The molecule has 0 amide bonds. The summed E-state index contributed by atoms with van der Waals surface area (Å²) in [6.45, 7) is 3.30. The topological polar surface area (TPSA) is 102 Å². The molecule has 0 aromatic carbocycles. The van der Waals surface area contributed by atoms with Crippen LogP contribution >= 0.6 is 0 Å². The van der Waals surface area contributed by atoms with E-state index in [1.807, 2.05) is 0 Å². The Kier molecular flexibility index (Phi) is 8.15. The molecule has 8 nitrogen and oxygen atoms in total. The van der Waals surface area contributed by atoms with E-state index in [1.54, 1.807) is 26.1 Å². The first-order valence-electron chi connectivity index (χ1n) is 10.9. The monoisotopic (exact) mass is 525 g/mol. The zero-order valence-electron chi connectivity index (χ0n) is 19.9. The Labute approximate surface area is 207 Å². The maximum atomic E-state index is 13.3. The summed E-state index contributed by atoms with van der Waals surface area (Å²) >= 11 is 0. The maximum Gasteiger partial charge on any atom is 0.435 e. The lowest BCUT2D eigenvalue weighted by Gasteiger charge is -2.12. The summed E-state index contributed by atoms with van der Waals surface area (Å²) in [5.41, 5.74) is -1.08. The molecular formula is C23H21F6N7O. The summed E-state index contributed by atoms with van der Waals surface area (Å²) < 4.78 is 85.9. The summed E-state index contributed by atoms with van der Waals surface area (Å²) in [6.07, 6.45) is -6.25. The van der Waals surface area contributed by atoms with Crippen LogP contribution in [0.5, 0.6) is 5.88 Å². The van der Waals surface area contributed by atoms with Gasteiger partial charge >= 0.3 is 12.4 Å². The van der Waals surface area contributed by atoms with E-state index in [-0.39, 0.29) is 54.3 Å². The second kappa shape index (κ2) is 10.9. The Balaban J connectivity index is 1.81. The molecule has 0 fully saturated rings. The van der Waals surface area contributed by atoms with E-state index in [2.05, 4.69) is 25.3 Å². The molecule has 3 aromatic rings. The van der Waals surface area contributed by atoms with Crippen LogP contribution in [-0.2, 0) is 32.2 Å². The summed E-state index contributed by atoms with van der Waals surface area (Å²) in [5.74, 6) is -0.200. The van der Waals surface area contributed by atoms with Crippen LogP contribution < -0.4 is 4.74 Å². The van der Waals surface area contributed by atoms with Crippen molar-refractivity contribution in [3.05, 3.63) is 52.6 Å². The number of aliphatic imine (C=N–C) groups is 1. The number of aromatic nitrogens is 5. The second-order valence-corrected chi connectivity index (χ2v) is 8.01. The van der Waals surface area contributed by atoms with Gasteiger partial charge in [0.15, 0.2) is 5.69 Å². The van der Waals surface area contributed by atoms with Crippen LogP contribution in [0, 0.1) is 18.4 Å². The van der Waals surface area contributed by atoms with Crippen molar-refractivity contribution in [3.63, 3.8) is 0 Å². The Bertz CT molecular complexity index is 1340. The number of aryl methyl sites for hydroxylation is 3. The van der Waals surface area contributed by atoms with Crippen LogP contribution in [0.15, 0.2) is 29.4 Å². The van der Waals surface area contributed by atoms with E-state index < -0.39 is 23.7 Å². The quantitative estimate of drug-likeness (QED) is 0.230. The fourth-order valence-corrected chi connectivity index (χ4v) is 3.59. The highest BCUT2D eigenvalue weighted by Crippen LogP contribution is 2.36. The number of ether oxygens (including phenoxy) is 1. The number of pyridine rings is 1. The number of nitrogens with zero attached hydrogens (tertiary/aromatic N) is 7. The molecule has 196 valence electrons. The van der Waals surface area contributed by atoms with E-state index in [9.17, 15) is 26.3 Å². The predicted octanol–water partition coefficient (Wildman–Crippen LogP) is 5.11. The molecule has 0 spiro atoms. The third-order valence-electron chi connectivity index (χ3n) is 5.12. The van der Waals surface area contributed by atoms with Crippen LogP contribution in [0.2, 0.25) is 0 Å². The van der Waals surface area contributed by atoms with Gasteiger partial charge in [0.2, 0.25) is 12.1 Å². The molecule has 0 bridgehead atoms. The van der Waals surface area contributed by atoms with E-state index in [1.165, 1.54) is 19.3 Å². The highest BCUT2D eigenvalue weighted by molar-refractivity contribution is 5.87. The Morgan fingerprint density at radius 1 is 1.11 bits per heavy atom. The molecule has 0 atom stereocenters. The highest BCUT2D eigenvalue weighted by atomic mass is 19.4. The number of hydrogen-bond donors (Lipinski definition) is 0. The minimum atomic E-state index is -4.69. The largest absolute Gasteiger partial charge is 0.478 e. The Hall–Kier alpha value is -4.02. The third kappa shape index (κ3) is 7.02. The van der Waals surface area contributed by atoms with E-state index in [0.29, 0.717) is 11.3 Å². The van der Waals surface area contributed by atoms with Crippen molar-refractivity contribution < 1.29 is 31.1 Å². The molecule has 0 aliphatic heterocycles.